The number of carboxylic acids is 1. The van der Waals surface area contributed by atoms with Crippen LogP contribution in [0, 0.1) is 5.82 Å². The van der Waals surface area contributed by atoms with Gasteiger partial charge in [0.15, 0.2) is 0 Å². The number of rotatable bonds is 7. The topological polar surface area (TPSA) is 133 Å². The molecule has 2 aromatic heterocycles. The summed E-state index contributed by atoms with van der Waals surface area (Å²) in [5, 5.41) is 13.7. The van der Waals surface area contributed by atoms with E-state index in [2.05, 4.69) is 10.3 Å². The normalized spacial score (nSPS) is 11.6. The molecular weight excluding hydrogens is 585 g/mol. The highest BCUT2D eigenvalue weighted by atomic mass is 32.2. The zero-order valence-corrected chi connectivity index (χ0v) is 24.6. The van der Waals surface area contributed by atoms with Crippen LogP contribution in [0.1, 0.15) is 20.7 Å². The van der Waals surface area contributed by atoms with Gasteiger partial charge in [0.25, 0.3) is 5.91 Å². The van der Waals surface area contributed by atoms with Gasteiger partial charge in [-0.15, -0.1) is 0 Å². The molecule has 0 aliphatic carbocycles. The summed E-state index contributed by atoms with van der Waals surface area (Å²) >= 11 is 0. The highest BCUT2D eigenvalue weighted by Crippen LogP contribution is 2.42. The van der Waals surface area contributed by atoms with E-state index in [1.165, 1.54) is 38.4 Å². The van der Waals surface area contributed by atoms with Gasteiger partial charge in [-0.25, -0.2) is 17.6 Å². The monoisotopic (exact) mass is 611 g/mol. The maximum Gasteiger partial charge on any atom is 0.338 e. The van der Waals surface area contributed by atoms with E-state index in [0.717, 1.165) is 10.6 Å². The average molecular weight is 612 g/mol. The fourth-order valence-corrected chi connectivity index (χ4v) is 5.89. The molecule has 1 amide bonds. The predicted octanol–water partition coefficient (Wildman–Crippen LogP) is 6.51. The van der Waals surface area contributed by atoms with Gasteiger partial charge in [0.05, 0.1) is 28.8 Å². The first-order valence-electron chi connectivity index (χ1n) is 13.4. The van der Waals surface area contributed by atoms with Gasteiger partial charge in [0.1, 0.15) is 17.2 Å². The van der Waals surface area contributed by atoms with Crippen molar-refractivity contribution < 1.29 is 31.9 Å². The number of nitrogens with zero attached hydrogens (tertiary/aromatic N) is 1. The Morgan fingerprint density at radius 2 is 1.59 bits per heavy atom. The first-order chi connectivity index (χ1) is 21.0. The molecule has 0 unspecified atom stereocenters. The van der Waals surface area contributed by atoms with Crippen molar-refractivity contribution in [1.82, 2.24) is 10.3 Å². The third kappa shape index (κ3) is 4.86. The molecule has 0 spiro atoms. The Morgan fingerprint density at radius 1 is 0.886 bits per heavy atom. The maximum atomic E-state index is 13.7. The standard InChI is InChI=1S/C33H26FN3O6S/c1-35-32(38)29-24-16-23(19-7-6-8-20(15-19)30-28(33(39)40)22-9-4-5-10-25(22)36-30)26(37(2)44(3,41)42)17-27(24)43-31(29)18-11-13-21(34)14-12-18/h4-17,36H,1-3H3,(H,35,38)(H,39,40). The summed E-state index contributed by atoms with van der Waals surface area (Å²) in [6.45, 7) is 0. The summed E-state index contributed by atoms with van der Waals surface area (Å²) in [7, 11) is -0.858. The van der Waals surface area contributed by atoms with E-state index >= 15 is 0 Å². The lowest BCUT2D eigenvalue weighted by atomic mass is 9.96. The molecule has 0 atom stereocenters. The van der Waals surface area contributed by atoms with Crippen molar-refractivity contribution in [1.29, 1.82) is 0 Å². The Balaban J connectivity index is 1.63. The van der Waals surface area contributed by atoms with E-state index in [0.29, 0.717) is 44.2 Å². The Hall–Kier alpha value is -5.42. The van der Waals surface area contributed by atoms with E-state index in [1.807, 2.05) is 6.07 Å². The molecule has 0 aliphatic rings. The number of halogens is 1. The van der Waals surface area contributed by atoms with Gasteiger partial charge in [-0.2, -0.15) is 0 Å². The van der Waals surface area contributed by atoms with Crippen molar-refractivity contribution >= 4 is 49.5 Å². The fourth-order valence-electron chi connectivity index (χ4n) is 5.38. The van der Waals surface area contributed by atoms with Gasteiger partial charge >= 0.3 is 5.97 Å². The van der Waals surface area contributed by atoms with Crippen molar-refractivity contribution in [3.63, 3.8) is 0 Å². The molecule has 2 heterocycles. The highest BCUT2D eigenvalue weighted by molar-refractivity contribution is 7.92. The van der Waals surface area contributed by atoms with Gasteiger partial charge in [-0.3, -0.25) is 9.10 Å². The van der Waals surface area contributed by atoms with E-state index in [-0.39, 0.29) is 28.2 Å². The number of sulfonamides is 1. The SMILES string of the molecule is CNC(=O)c1c(-c2ccc(F)cc2)oc2cc(N(C)S(C)(=O)=O)c(-c3cccc(-c4[nH]c5ccccc5c4C(=O)O)c3)cc12. The minimum Gasteiger partial charge on any atom is -0.478 e. The molecule has 222 valence electrons. The molecule has 3 N–H and O–H groups in total. The lowest BCUT2D eigenvalue weighted by Gasteiger charge is -2.21. The summed E-state index contributed by atoms with van der Waals surface area (Å²) in [4.78, 5) is 28.7. The number of para-hydroxylation sites is 1. The number of aromatic amines is 1. The van der Waals surface area contributed by atoms with Gasteiger partial charge < -0.3 is 19.8 Å². The molecule has 0 fully saturated rings. The molecule has 0 radical (unpaired) electrons. The largest absolute Gasteiger partial charge is 0.478 e. The van der Waals surface area contributed by atoms with Crippen molar-refractivity contribution in [3.8, 4) is 33.7 Å². The summed E-state index contributed by atoms with van der Waals surface area (Å²) in [5.41, 5.74) is 3.93. The van der Waals surface area contributed by atoms with E-state index < -0.39 is 27.7 Å². The van der Waals surface area contributed by atoms with E-state index in [9.17, 15) is 27.5 Å². The van der Waals surface area contributed by atoms with Crippen molar-refractivity contribution in [2.45, 2.75) is 0 Å². The summed E-state index contributed by atoms with van der Waals surface area (Å²) in [5.74, 6) is -1.80. The number of anilines is 1. The molecule has 0 bridgehead atoms. The minimum absolute atomic E-state index is 0.113. The smallest absolute Gasteiger partial charge is 0.338 e. The van der Waals surface area contributed by atoms with Crippen molar-refractivity contribution in [2.75, 3.05) is 24.7 Å². The number of carbonyl (C=O) groups excluding carboxylic acids is 1. The average Bonchev–Trinajstić information content (AvgIpc) is 3.58. The molecule has 0 saturated heterocycles. The highest BCUT2D eigenvalue weighted by Gasteiger charge is 2.26. The Labute approximate surface area is 251 Å². The third-order valence-electron chi connectivity index (χ3n) is 7.59. The number of furan rings is 1. The second-order valence-corrected chi connectivity index (χ2v) is 12.3. The quantitative estimate of drug-likeness (QED) is 0.189. The van der Waals surface area contributed by atoms with Crippen LogP contribution in [0.15, 0.2) is 89.3 Å². The number of aromatic nitrogens is 1. The first-order valence-corrected chi connectivity index (χ1v) is 15.3. The Morgan fingerprint density at radius 3 is 2.27 bits per heavy atom. The van der Waals surface area contributed by atoms with Gasteiger partial charge in [0.2, 0.25) is 10.0 Å². The Bertz CT molecular complexity index is 2220. The molecule has 11 heteroatoms. The van der Waals surface area contributed by atoms with Crippen molar-refractivity contribution in [2.24, 2.45) is 0 Å². The Kier molecular flexibility index (Phi) is 6.97. The van der Waals surface area contributed by atoms with Crippen LogP contribution in [0.2, 0.25) is 0 Å². The molecule has 9 nitrogen and oxygen atoms in total. The molecule has 4 aromatic carbocycles. The fraction of sp³-hybridized carbons (Fsp3) is 0.0909. The number of H-pyrrole nitrogens is 1. The van der Waals surface area contributed by atoms with Crippen LogP contribution in [-0.4, -0.2) is 50.7 Å². The summed E-state index contributed by atoms with van der Waals surface area (Å²) < 4.78 is 46.5. The predicted molar refractivity (Wildman–Crippen MR) is 168 cm³/mol. The van der Waals surface area contributed by atoms with Crippen LogP contribution in [0.4, 0.5) is 10.1 Å². The third-order valence-corrected chi connectivity index (χ3v) is 8.78. The number of fused-ring (bicyclic) bond motifs is 2. The van der Waals surface area contributed by atoms with Crippen LogP contribution in [0.5, 0.6) is 0 Å². The van der Waals surface area contributed by atoms with Gasteiger partial charge in [-0.05, 0) is 53.6 Å². The number of aromatic carboxylic acids is 1. The first kappa shape index (κ1) is 28.7. The number of carbonyl (C=O) groups is 2. The maximum absolute atomic E-state index is 13.7. The van der Waals surface area contributed by atoms with E-state index in [1.54, 1.807) is 54.6 Å². The van der Waals surface area contributed by atoms with Crippen LogP contribution >= 0.6 is 0 Å². The van der Waals surface area contributed by atoms with E-state index in [4.69, 9.17) is 4.42 Å². The molecule has 0 aliphatic heterocycles. The molecule has 6 rings (SSSR count). The lowest BCUT2D eigenvalue weighted by molar-refractivity contribution is 0.0699. The van der Waals surface area contributed by atoms with Crippen LogP contribution < -0.4 is 9.62 Å². The number of amides is 1. The number of benzene rings is 4. The molecule has 0 saturated carbocycles. The van der Waals surface area contributed by atoms with Crippen molar-refractivity contribution in [3.05, 3.63) is 102 Å². The molecule has 44 heavy (non-hydrogen) atoms. The number of nitrogens with one attached hydrogen (secondary N) is 2. The second kappa shape index (κ2) is 10.7. The van der Waals surface area contributed by atoms with Crippen LogP contribution in [-0.2, 0) is 10.0 Å². The van der Waals surface area contributed by atoms with Crippen LogP contribution in [0.25, 0.3) is 55.6 Å². The minimum atomic E-state index is -3.75. The number of carboxylic acid groups (broad SMARTS) is 1. The second-order valence-electron chi connectivity index (χ2n) is 10.3. The number of hydrogen-bond donors (Lipinski definition) is 3. The zero-order chi connectivity index (χ0) is 31.3. The molecular formula is C33H26FN3O6S. The summed E-state index contributed by atoms with van der Waals surface area (Å²) in [6, 6.07) is 22.9. The number of hydrogen-bond acceptors (Lipinski definition) is 5. The zero-order valence-electron chi connectivity index (χ0n) is 23.8. The van der Waals surface area contributed by atoms with Crippen LogP contribution in [0.3, 0.4) is 0 Å². The molecule has 6 aromatic rings. The summed E-state index contributed by atoms with van der Waals surface area (Å²) in [6.07, 6.45) is 1.07. The van der Waals surface area contributed by atoms with Gasteiger partial charge in [-0.1, -0.05) is 36.4 Å². The van der Waals surface area contributed by atoms with Gasteiger partial charge in [0, 0.05) is 47.6 Å². The lowest BCUT2D eigenvalue weighted by Crippen LogP contribution is -2.25.